The summed E-state index contributed by atoms with van der Waals surface area (Å²) in [7, 11) is 0. The molecule has 0 saturated heterocycles. The number of thioether (sulfide) groups is 1. The van der Waals surface area contributed by atoms with Crippen molar-refractivity contribution in [3.05, 3.63) is 16.3 Å². The highest BCUT2D eigenvalue weighted by Gasteiger charge is 2.20. The third-order valence-corrected chi connectivity index (χ3v) is 5.95. The molecular weight excluding hydrogens is 302 g/mol. The van der Waals surface area contributed by atoms with Crippen molar-refractivity contribution in [3.63, 3.8) is 0 Å². The maximum absolute atomic E-state index is 10.8. The van der Waals surface area contributed by atoms with Crippen LogP contribution in [0.1, 0.15) is 41.9 Å². The zero-order chi connectivity index (χ0) is 14.8. The molecular formula is C15H19N3OS2. The lowest BCUT2D eigenvalue weighted by Gasteiger charge is -2.11. The van der Waals surface area contributed by atoms with Gasteiger partial charge in [0.05, 0.1) is 0 Å². The van der Waals surface area contributed by atoms with E-state index in [1.165, 1.54) is 35.1 Å². The highest BCUT2D eigenvalue weighted by Crippen LogP contribution is 2.39. The summed E-state index contributed by atoms with van der Waals surface area (Å²) in [6, 6.07) is 0. The van der Waals surface area contributed by atoms with Crippen LogP contribution in [0.2, 0.25) is 0 Å². The quantitative estimate of drug-likeness (QED) is 0.521. The summed E-state index contributed by atoms with van der Waals surface area (Å²) >= 11 is 3.56. The molecule has 2 aromatic rings. The lowest BCUT2D eigenvalue weighted by molar-refractivity contribution is -0.118. The Balaban J connectivity index is 1.89. The minimum atomic E-state index is -0.229. The fourth-order valence-corrected chi connectivity index (χ4v) is 5.16. The number of aromatic nitrogens is 2. The van der Waals surface area contributed by atoms with Gasteiger partial charge in [-0.1, -0.05) is 0 Å². The van der Waals surface area contributed by atoms with Crippen LogP contribution in [0.3, 0.4) is 0 Å². The van der Waals surface area contributed by atoms with Crippen LogP contribution in [0.5, 0.6) is 0 Å². The molecule has 2 N–H and O–H groups in total. The Morgan fingerprint density at radius 1 is 1.33 bits per heavy atom. The maximum atomic E-state index is 10.8. The van der Waals surface area contributed by atoms with E-state index >= 15 is 0 Å². The van der Waals surface area contributed by atoms with E-state index in [9.17, 15) is 4.79 Å². The first kappa shape index (κ1) is 14.8. The molecule has 21 heavy (non-hydrogen) atoms. The minimum Gasteiger partial charge on any atom is -0.370 e. The van der Waals surface area contributed by atoms with E-state index in [2.05, 4.69) is 9.97 Å². The van der Waals surface area contributed by atoms with Crippen LogP contribution in [0.4, 0.5) is 0 Å². The van der Waals surface area contributed by atoms with Crippen molar-refractivity contribution < 1.29 is 4.79 Å². The van der Waals surface area contributed by atoms with Gasteiger partial charge >= 0.3 is 0 Å². The molecule has 0 bridgehead atoms. The molecule has 0 unspecified atom stereocenters. The van der Waals surface area contributed by atoms with Crippen molar-refractivity contribution in [2.75, 3.05) is 5.75 Å². The van der Waals surface area contributed by atoms with Gasteiger partial charge < -0.3 is 5.73 Å². The van der Waals surface area contributed by atoms with E-state index in [0.717, 1.165) is 34.3 Å². The molecule has 3 rings (SSSR count). The first-order valence-corrected chi connectivity index (χ1v) is 9.15. The Labute approximate surface area is 132 Å². The third-order valence-electron chi connectivity index (χ3n) is 3.70. The number of rotatable bonds is 5. The van der Waals surface area contributed by atoms with E-state index in [-0.39, 0.29) is 5.91 Å². The number of carbonyl (C=O) groups is 1. The normalized spacial score (nSPS) is 14.3. The topological polar surface area (TPSA) is 68.9 Å². The molecule has 112 valence electrons. The zero-order valence-electron chi connectivity index (χ0n) is 12.1. The van der Waals surface area contributed by atoms with E-state index in [1.54, 1.807) is 11.8 Å². The van der Waals surface area contributed by atoms with Crippen LogP contribution in [0.15, 0.2) is 5.03 Å². The molecule has 0 aromatic carbocycles. The smallest absolute Gasteiger partial charge is 0.217 e. The standard InChI is InChI=1S/C15H19N3OS2/c1-9-17-14(20-8-4-7-12(16)19)13-10-5-2-3-6-11(10)21-15(13)18-9/h2-8H2,1H3,(H2,16,19). The SMILES string of the molecule is Cc1nc(SCCCC(N)=O)c2c3c(sc2n1)CCCC3. The van der Waals surface area contributed by atoms with Crippen LogP contribution < -0.4 is 5.73 Å². The van der Waals surface area contributed by atoms with Gasteiger partial charge in [0.1, 0.15) is 15.7 Å². The molecule has 0 aliphatic heterocycles. The van der Waals surface area contributed by atoms with Gasteiger partial charge in [-0.3, -0.25) is 4.79 Å². The predicted octanol–water partition coefficient (Wildman–Crippen LogP) is 3.24. The van der Waals surface area contributed by atoms with Gasteiger partial charge in [-0.2, -0.15) is 0 Å². The number of fused-ring (bicyclic) bond motifs is 3. The lowest BCUT2D eigenvalue weighted by Crippen LogP contribution is -2.10. The van der Waals surface area contributed by atoms with Gasteiger partial charge in [-0.15, -0.1) is 23.1 Å². The summed E-state index contributed by atoms with van der Waals surface area (Å²) in [5.41, 5.74) is 6.66. The molecule has 4 nitrogen and oxygen atoms in total. The van der Waals surface area contributed by atoms with Gasteiger partial charge in [-0.05, 0) is 44.6 Å². The Hall–Kier alpha value is -1.14. The summed E-state index contributed by atoms with van der Waals surface area (Å²) in [6.07, 6.45) is 6.13. The number of aryl methyl sites for hydroxylation is 3. The number of hydrogen-bond donors (Lipinski definition) is 1. The molecule has 0 fully saturated rings. The third kappa shape index (κ3) is 3.21. The molecule has 0 saturated carbocycles. The van der Waals surface area contributed by atoms with Gasteiger partial charge in [-0.25, -0.2) is 9.97 Å². The van der Waals surface area contributed by atoms with Crippen LogP contribution in [0, 0.1) is 6.92 Å². The number of hydrogen-bond acceptors (Lipinski definition) is 5. The molecule has 1 aliphatic carbocycles. The van der Waals surface area contributed by atoms with Crippen molar-refractivity contribution in [1.82, 2.24) is 9.97 Å². The molecule has 0 atom stereocenters. The zero-order valence-corrected chi connectivity index (χ0v) is 13.8. The fourth-order valence-electron chi connectivity index (χ4n) is 2.75. The van der Waals surface area contributed by atoms with Crippen LogP contribution in [-0.2, 0) is 17.6 Å². The van der Waals surface area contributed by atoms with Crippen LogP contribution in [0.25, 0.3) is 10.2 Å². The van der Waals surface area contributed by atoms with E-state index in [1.807, 2.05) is 18.3 Å². The molecule has 2 aromatic heterocycles. The van der Waals surface area contributed by atoms with E-state index in [0.29, 0.717) is 6.42 Å². The maximum Gasteiger partial charge on any atom is 0.217 e. The summed E-state index contributed by atoms with van der Waals surface area (Å²) in [5.74, 6) is 1.48. The first-order chi connectivity index (χ1) is 10.1. The molecule has 6 heteroatoms. The van der Waals surface area contributed by atoms with Crippen molar-refractivity contribution in [2.45, 2.75) is 50.5 Å². The second-order valence-electron chi connectivity index (χ2n) is 5.39. The summed E-state index contributed by atoms with van der Waals surface area (Å²) in [6.45, 7) is 1.95. The van der Waals surface area contributed by atoms with Crippen molar-refractivity contribution in [1.29, 1.82) is 0 Å². The molecule has 0 spiro atoms. The van der Waals surface area contributed by atoms with Gasteiger partial charge in [0.2, 0.25) is 5.91 Å². The van der Waals surface area contributed by atoms with Crippen molar-refractivity contribution >= 4 is 39.2 Å². The largest absolute Gasteiger partial charge is 0.370 e. The molecule has 1 amide bonds. The highest BCUT2D eigenvalue weighted by molar-refractivity contribution is 7.99. The van der Waals surface area contributed by atoms with Crippen molar-refractivity contribution in [2.24, 2.45) is 5.73 Å². The Morgan fingerprint density at radius 2 is 2.14 bits per heavy atom. The summed E-state index contributed by atoms with van der Waals surface area (Å²) < 4.78 is 0. The number of primary amides is 1. The summed E-state index contributed by atoms with van der Waals surface area (Å²) in [5, 5.41) is 2.35. The number of nitrogens with zero attached hydrogens (tertiary/aromatic N) is 2. The second kappa shape index (κ2) is 6.32. The Kier molecular flexibility index (Phi) is 4.45. The summed E-state index contributed by atoms with van der Waals surface area (Å²) in [4.78, 5) is 22.7. The van der Waals surface area contributed by atoms with E-state index < -0.39 is 0 Å². The highest BCUT2D eigenvalue weighted by atomic mass is 32.2. The number of thiophene rings is 1. The first-order valence-electron chi connectivity index (χ1n) is 7.35. The monoisotopic (exact) mass is 321 g/mol. The van der Waals surface area contributed by atoms with Gasteiger partial charge in [0, 0.05) is 22.4 Å². The van der Waals surface area contributed by atoms with Gasteiger partial charge in [0.15, 0.2) is 0 Å². The second-order valence-corrected chi connectivity index (χ2v) is 7.55. The number of carbonyl (C=O) groups excluding carboxylic acids is 1. The minimum absolute atomic E-state index is 0.229. The lowest BCUT2D eigenvalue weighted by atomic mass is 9.97. The van der Waals surface area contributed by atoms with E-state index in [4.69, 9.17) is 5.73 Å². The Morgan fingerprint density at radius 3 is 2.95 bits per heavy atom. The Bertz CT molecular complexity index is 681. The van der Waals surface area contributed by atoms with Crippen LogP contribution in [-0.4, -0.2) is 21.6 Å². The predicted molar refractivity (Wildman–Crippen MR) is 87.9 cm³/mol. The molecule has 0 radical (unpaired) electrons. The fraction of sp³-hybridized carbons (Fsp3) is 0.533. The van der Waals surface area contributed by atoms with Crippen molar-refractivity contribution in [3.8, 4) is 0 Å². The number of nitrogens with two attached hydrogens (primary N) is 1. The van der Waals surface area contributed by atoms with Gasteiger partial charge in [0.25, 0.3) is 0 Å². The molecule has 2 heterocycles. The number of amides is 1. The average Bonchev–Trinajstić information content (AvgIpc) is 2.81. The molecule has 1 aliphatic rings. The average molecular weight is 321 g/mol. The van der Waals surface area contributed by atoms with Crippen LogP contribution >= 0.6 is 23.1 Å².